The van der Waals surface area contributed by atoms with Crippen molar-refractivity contribution in [1.82, 2.24) is 15.8 Å². The number of halogens is 1. The zero-order valence-corrected chi connectivity index (χ0v) is 14.2. The molecular weight excluding hydrogens is 321 g/mol. The van der Waals surface area contributed by atoms with Crippen LogP contribution < -0.4 is 10.9 Å². The number of terminal acetylenes is 1. The normalized spacial score (nSPS) is 24.2. The third kappa shape index (κ3) is 4.57. The van der Waals surface area contributed by atoms with Crippen molar-refractivity contribution in [3.8, 4) is 12.3 Å². The van der Waals surface area contributed by atoms with E-state index in [0.717, 1.165) is 31.5 Å². The molecule has 2 unspecified atom stereocenters. The van der Waals surface area contributed by atoms with Gasteiger partial charge in [0.15, 0.2) is 0 Å². The molecule has 0 spiro atoms. The second-order valence-corrected chi connectivity index (χ2v) is 6.67. The third-order valence-electron chi connectivity index (χ3n) is 4.94. The van der Waals surface area contributed by atoms with Crippen LogP contribution in [0, 0.1) is 24.1 Å². The Bertz CT molecular complexity index is 621. The standard InChI is InChI=1S/C19H24FN3O2/c1-2-11-25-13-14-7-9-23(10-8-14)19(24)18-12-17(21-22-18)15-3-5-16(20)6-4-15/h1,3-6,14,17-18,21-22H,7-13H2. The van der Waals surface area contributed by atoms with E-state index in [2.05, 4.69) is 16.8 Å². The fourth-order valence-corrected chi connectivity index (χ4v) is 3.46. The number of ether oxygens (including phenoxy) is 1. The lowest BCUT2D eigenvalue weighted by Crippen LogP contribution is -2.48. The van der Waals surface area contributed by atoms with Crippen LogP contribution in [0.15, 0.2) is 24.3 Å². The van der Waals surface area contributed by atoms with Crippen molar-refractivity contribution in [3.63, 3.8) is 0 Å². The summed E-state index contributed by atoms with van der Waals surface area (Å²) in [7, 11) is 0. The molecule has 2 N–H and O–H groups in total. The average molecular weight is 345 g/mol. The van der Waals surface area contributed by atoms with E-state index in [-0.39, 0.29) is 23.8 Å². The van der Waals surface area contributed by atoms with Crippen LogP contribution in [0.2, 0.25) is 0 Å². The van der Waals surface area contributed by atoms with Gasteiger partial charge in [0.25, 0.3) is 0 Å². The molecule has 0 aromatic heterocycles. The Kier molecular flexibility index (Phi) is 6.03. The van der Waals surface area contributed by atoms with Crippen molar-refractivity contribution >= 4 is 5.91 Å². The van der Waals surface area contributed by atoms with Gasteiger partial charge in [-0.2, -0.15) is 0 Å². The van der Waals surface area contributed by atoms with Gasteiger partial charge >= 0.3 is 0 Å². The molecular formula is C19H24FN3O2. The molecule has 2 saturated heterocycles. The van der Waals surface area contributed by atoms with Gasteiger partial charge in [-0.25, -0.2) is 15.2 Å². The molecule has 0 bridgehead atoms. The Morgan fingerprint density at radius 2 is 2.00 bits per heavy atom. The maximum atomic E-state index is 13.0. The zero-order valence-electron chi connectivity index (χ0n) is 14.2. The maximum absolute atomic E-state index is 13.0. The molecule has 2 atom stereocenters. The molecule has 3 rings (SSSR count). The second-order valence-electron chi connectivity index (χ2n) is 6.67. The highest BCUT2D eigenvalue weighted by Crippen LogP contribution is 2.25. The number of hydrazine groups is 1. The van der Waals surface area contributed by atoms with Crippen LogP contribution in [-0.2, 0) is 9.53 Å². The van der Waals surface area contributed by atoms with E-state index in [1.165, 1.54) is 12.1 Å². The number of piperidine rings is 1. The number of nitrogens with zero attached hydrogens (tertiary/aromatic N) is 1. The van der Waals surface area contributed by atoms with Crippen LogP contribution in [0.3, 0.4) is 0 Å². The summed E-state index contributed by atoms with van der Waals surface area (Å²) >= 11 is 0. The van der Waals surface area contributed by atoms with Crippen molar-refractivity contribution in [2.45, 2.75) is 31.3 Å². The second kappa shape index (κ2) is 8.43. The molecule has 1 amide bonds. The van der Waals surface area contributed by atoms with Gasteiger partial charge in [-0.05, 0) is 42.9 Å². The topological polar surface area (TPSA) is 53.6 Å². The monoisotopic (exact) mass is 345 g/mol. The largest absolute Gasteiger partial charge is 0.369 e. The molecule has 2 fully saturated rings. The molecule has 6 heteroatoms. The number of hydrogen-bond acceptors (Lipinski definition) is 4. The van der Waals surface area contributed by atoms with Crippen LogP contribution in [-0.4, -0.2) is 43.2 Å². The van der Waals surface area contributed by atoms with Gasteiger partial charge in [-0.1, -0.05) is 18.1 Å². The lowest BCUT2D eigenvalue weighted by atomic mass is 9.96. The van der Waals surface area contributed by atoms with E-state index < -0.39 is 0 Å². The van der Waals surface area contributed by atoms with E-state index in [9.17, 15) is 9.18 Å². The van der Waals surface area contributed by atoms with E-state index in [0.29, 0.717) is 25.6 Å². The van der Waals surface area contributed by atoms with Gasteiger partial charge in [0.05, 0.1) is 6.61 Å². The minimum atomic E-state index is -0.253. The molecule has 0 aliphatic carbocycles. The zero-order chi connectivity index (χ0) is 17.6. The van der Waals surface area contributed by atoms with Crippen molar-refractivity contribution in [1.29, 1.82) is 0 Å². The minimum absolute atomic E-state index is 0.0178. The quantitative estimate of drug-likeness (QED) is 0.629. The first kappa shape index (κ1) is 17.9. The number of rotatable bonds is 5. The lowest BCUT2D eigenvalue weighted by molar-refractivity contribution is -0.134. The molecule has 0 saturated carbocycles. The first-order valence-corrected chi connectivity index (χ1v) is 8.74. The Hall–Kier alpha value is -1.94. The third-order valence-corrected chi connectivity index (χ3v) is 4.94. The van der Waals surface area contributed by atoms with Crippen molar-refractivity contribution < 1.29 is 13.9 Å². The summed E-state index contributed by atoms with van der Waals surface area (Å²) < 4.78 is 18.4. The van der Waals surface area contributed by atoms with E-state index in [1.807, 2.05) is 4.90 Å². The molecule has 2 aliphatic rings. The Balaban J connectivity index is 1.46. The number of carbonyl (C=O) groups excluding carboxylic acids is 1. The highest BCUT2D eigenvalue weighted by atomic mass is 19.1. The molecule has 1 aromatic rings. The lowest BCUT2D eigenvalue weighted by Gasteiger charge is -2.33. The summed E-state index contributed by atoms with van der Waals surface area (Å²) in [5.41, 5.74) is 7.22. The molecule has 5 nitrogen and oxygen atoms in total. The highest BCUT2D eigenvalue weighted by molar-refractivity contribution is 5.82. The van der Waals surface area contributed by atoms with Gasteiger partial charge in [0.1, 0.15) is 18.5 Å². The van der Waals surface area contributed by atoms with Crippen molar-refractivity contribution in [2.75, 3.05) is 26.3 Å². The molecule has 2 aliphatic heterocycles. The van der Waals surface area contributed by atoms with Crippen LogP contribution in [0.5, 0.6) is 0 Å². The van der Waals surface area contributed by atoms with Gasteiger partial charge in [-0.15, -0.1) is 6.42 Å². The van der Waals surface area contributed by atoms with Gasteiger partial charge in [-0.3, -0.25) is 4.79 Å². The predicted octanol–water partition coefficient (Wildman–Crippen LogP) is 1.62. The van der Waals surface area contributed by atoms with Gasteiger partial charge in [0, 0.05) is 19.1 Å². The fourth-order valence-electron chi connectivity index (χ4n) is 3.46. The van der Waals surface area contributed by atoms with Gasteiger partial charge < -0.3 is 9.64 Å². The van der Waals surface area contributed by atoms with E-state index >= 15 is 0 Å². The Labute approximate surface area is 147 Å². The summed E-state index contributed by atoms with van der Waals surface area (Å²) in [4.78, 5) is 14.6. The number of nitrogens with one attached hydrogen (secondary N) is 2. The van der Waals surface area contributed by atoms with Crippen molar-refractivity contribution in [3.05, 3.63) is 35.6 Å². The molecule has 2 heterocycles. The van der Waals surface area contributed by atoms with E-state index in [1.54, 1.807) is 12.1 Å². The number of hydrogen-bond donors (Lipinski definition) is 2. The molecule has 1 aromatic carbocycles. The molecule has 134 valence electrons. The Morgan fingerprint density at radius 3 is 2.68 bits per heavy atom. The molecule has 25 heavy (non-hydrogen) atoms. The summed E-state index contributed by atoms with van der Waals surface area (Å²) in [6.45, 7) is 2.52. The summed E-state index contributed by atoms with van der Waals surface area (Å²) in [5.74, 6) is 2.81. The highest BCUT2D eigenvalue weighted by Gasteiger charge is 2.34. The molecule has 0 radical (unpaired) electrons. The number of amides is 1. The maximum Gasteiger partial charge on any atom is 0.241 e. The van der Waals surface area contributed by atoms with Gasteiger partial charge in [0.2, 0.25) is 5.91 Å². The number of likely N-dealkylation sites (tertiary alicyclic amines) is 1. The minimum Gasteiger partial charge on any atom is -0.369 e. The van der Waals surface area contributed by atoms with Crippen LogP contribution in [0.1, 0.15) is 30.9 Å². The first-order valence-electron chi connectivity index (χ1n) is 8.74. The Morgan fingerprint density at radius 1 is 1.28 bits per heavy atom. The van der Waals surface area contributed by atoms with E-state index in [4.69, 9.17) is 11.2 Å². The summed E-state index contributed by atoms with van der Waals surface area (Å²) in [6.07, 6.45) is 7.72. The smallest absolute Gasteiger partial charge is 0.241 e. The summed E-state index contributed by atoms with van der Waals surface area (Å²) in [6, 6.07) is 6.17. The van der Waals surface area contributed by atoms with Crippen LogP contribution >= 0.6 is 0 Å². The van der Waals surface area contributed by atoms with Crippen LogP contribution in [0.4, 0.5) is 4.39 Å². The number of benzene rings is 1. The predicted molar refractivity (Wildman–Crippen MR) is 92.8 cm³/mol. The SMILES string of the molecule is C#CCOCC1CCN(C(=O)C2CC(c3ccc(F)cc3)NN2)CC1. The number of carbonyl (C=O) groups is 1. The average Bonchev–Trinajstić information content (AvgIpc) is 3.13. The fraction of sp³-hybridized carbons (Fsp3) is 0.526. The van der Waals surface area contributed by atoms with Crippen molar-refractivity contribution in [2.24, 2.45) is 5.92 Å². The first-order chi connectivity index (χ1) is 12.2. The summed E-state index contributed by atoms with van der Waals surface area (Å²) in [5, 5.41) is 0. The van der Waals surface area contributed by atoms with Crippen LogP contribution in [0.25, 0.3) is 0 Å².